The predicted molar refractivity (Wildman–Crippen MR) is 273 cm³/mol. The van der Waals surface area contributed by atoms with Gasteiger partial charge in [0.1, 0.15) is 108 Å². The predicted octanol–water partition coefficient (Wildman–Crippen LogP) is -5.86. The largest absolute Gasteiger partial charge is 0.464 e. The maximum absolute atomic E-state index is 13.9. The molecule has 0 amide bonds. The molecule has 82 heavy (non-hydrogen) atoms. The van der Waals surface area contributed by atoms with Gasteiger partial charge in [-0.05, 0) is 62.3 Å². The van der Waals surface area contributed by atoms with Crippen LogP contribution >= 0.6 is 0 Å². The van der Waals surface area contributed by atoms with Crippen LogP contribution in [-0.4, -0.2) is 278 Å². The van der Waals surface area contributed by atoms with Crippen LogP contribution in [0.2, 0.25) is 0 Å². The number of carbonyl (C=O) groups excluding carboxylic acids is 9. The average Bonchev–Trinajstić information content (AvgIpc) is 3.50. The van der Waals surface area contributed by atoms with Gasteiger partial charge >= 0.3 is 53.7 Å². The monoisotopic (exact) mass is 1190 g/mol. The highest BCUT2D eigenvalue weighted by Gasteiger charge is 2.47. The van der Waals surface area contributed by atoms with Gasteiger partial charge in [0.2, 0.25) is 0 Å². The Kier molecular flexibility index (Phi) is 31.7. The van der Waals surface area contributed by atoms with Gasteiger partial charge < -0.3 is 104 Å². The third-order valence-electron chi connectivity index (χ3n) is 13.7. The second-order valence-electron chi connectivity index (χ2n) is 22.6. The Morgan fingerprint density at radius 1 is 0.232 bits per heavy atom. The molecule has 0 saturated heterocycles. The summed E-state index contributed by atoms with van der Waals surface area (Å²) >= 11 is 0. The lowest BCUT2D eigenvalue weighted by molar-refractivity contribution is -0.181. The summed E-state index contributed by atoms with van der Waals surface area (Å²) in [7, 11) is 0. The van der Waals surface area contributed by atoms with Gasteiger partial charge in [0.25, 0.3) is 0 Å². The number of hydrogen-bond acceptors (Lipinski definition) is 31. The number of carbonyl (C=O) groups is 9. The molecule has 0 unspecified atom stereocenters. The fraction of sp³-hybridized carbons (Fsp3) is 0.824. The van der Waals surface area contributed by atoms with Crippen LogP contribution in [0.1, 0.15) is 62.3 Å². The van der Waals surface area contributed by atoms with E-state index in [9.17, 15) is 104 Å². The molecule has 0 aromatic rings. The molecule has 0 aliphatic carbocycles. The summed E-state index contributed by atoms with van der Waals surface area (Å²) in [6.45, 7) is -8.74. The van der Waals surface area contributed by atoms with Crippen LogP contribution in [0.15, 0.2) is 0 Å². The van der Waals surface area contributed by atoms with Gasteiger partial charge in [0.05, 0.1) is 79.3 Å². The van der Waals surface area contributed by atoms with Crippen LogP contribution in [0.3, 0.4) is 0 Å². The van der Waals surface area contributed by atoms with Gasteiger partial charge in [0.15, 0.2) is 0 Å². The van der Waals surface area contributed by atoms with E-state index in [1.165, 1.54) is 4.90 Å². The summed E-state index contributed by atoms with van der Waals surface area (Å²) in [5.41, 5.74) is -17.4. The number of aliphatic hydroxyl groups is 12. The van der Waals surface area contributed by atoms with Gasteiger partial charge in [-0.2, -0.15) is 0 Å². The molecule has 0 saturated carbocycles. The second-order valence-corrected chi connectivity index (χ2v) is 22.6. The highest BCUT2D eigenvalue weighted by molar-refractivity contribution is 5.83. The summed E-state index contributed by atoms with van der Waals surface area (Å²) in [5, 5.41) is 117. The van der Waals surface area contributed by atoms with E-state index in [4.69, 9.17) is 42.6 Å². The topological polar surface area (TPSA) is 483 Å². The zero-order valence-electron chi connectivity index (χ0n) is 48.1. The lowest BCUT2D eigenvalue weighted by Crippen LogP contribution is -2.47. The van der Waals surface area contributed by atoms with Crippen LogP contribution in [0, 0.1) is 48.7 Å². The maximum atomic E-state index is 13.9. The fourth-order valence-electron chi connectivity index (χ4n) is 5.61. The van der Waals surface area contributed by atoms with Crippen molar-refractivity contribution in [3.8, 4) is 0 Å². The van der Waals surface area contributed by atoms with E-state index in [0.717, 1.165) is 62.3 Å². The molecule has 0 aromatic carbocycles. The molecule has 0 fully saturated rings. The number of aliphatic hydroxyl groups excluding tert-OH is 12. The first-order chi connectivity index (χ1) is 38.0. The van der Waals surface area contributed by atoms with Crippen molar-refractivity contribution < 1.29 is 147 Å². The summed E-state index contributed by atoms with van der Waals surface area (Å²) < 4.78 is 48.1. The van der Waals surface area contributed by atoms with E-state index >= 15 is 0 Å². The molecule has 0 atom stereocenters. The van der Waals surface area contributed by atoms with E-state index in [1.54, 1.807) is 0 Å². The van der Waals surface area contributed by atoms with E-state index in [-0.39, 0.29) is 19.6 Å². The van der Waals surface area contributed by atoms with Crippen LogP contribution in [0.25, 0.3) is 0 Å². The normalized spacial score (nSPS) is 13.0. The smallest absolute Gasteiger partial charge is 0.318 e. The molecule has 12 N–H and O–H groups in total. The van der Waals surface area contributed by atoms with Gasteiger partial charge in [-0.3, -0.25) is 48.1 Å². The second kappa shape index (κ2) is 33.9. The van der Waals surface area contributed by atoms with Gasteiger partial charge in [-0.25, -0.2) is 0 Å². The van der Waals surface area contributed by atoms with Crippen molar-refractivity contribution in [1.82, 2.24) is 4.90 Å². The Labute approximate surface area is 474 Å². The molecule has 0 aromatic heterocycles. The molecular weight excluding hydrogens is 1110 g/mol. The molecule has 0 spiro atoms. The van der Waals surface area contributed by atoms with E-state index in [0.29, 0.717) is 0 Å². The Balaban J connectivity index is 7.20. The van der Waals surface area contributed by atoms with Gasteiger partial charge in [0, 0.05) is 19.6 Å². The van der Waals surface area contributed by atoms with Crippen LogP contribution in [0.4, 0.5) is 0 Å². The standard InChI is InChI=1S/C51H87NO30/c1-43(16-53,17-54)34(65)77-28-49(7,29-78-35(66)44(2,18-55)19-56)40(71)74-13-10-52(11-14-75-41(72)50(8,30-79-36(67)45(3,20-57)21-58)31-80-37(68)46(4,22-59)23-60)12-15-76-42(73)51(9,32-81-38(69)47(5,24-61)25-62)33-82-39(70)48(6,26-63)27-64/h53-64H,10-33H2,1-9H3. The van der Waals surface area contributed by atoms with E-state index in [1.807, 2.05) is 0 Å². The third kappa shape index (κ3) is 21.1. The van der Waals surface area contributed by atoms with Crippen molar-refractivity contribution in [3.63, 3.8) is 0 Å². The molecule has 0 aliphatic heterocycles. The molecule has 476 valence electrons. The molecule has 0 heterocycles. The van der Waals surface area contributed by atoms with Gasteiger partial charge in [-0.15, -0.1) is 0 Å². The minimum atomic E-state index is -2.08. The SMILES string of the molecule is CC(CO)(CO)C(=O)OCC(C)(COC(=O)C(C)(CO)CO)C(=O)OCCN(CCOC(=O)C(C)(COC(=O)C(C)(CO)CO)COC(=O)C(C)(CO)CO)CCOC(=O)C(C)(COC(=O)C(C)(CO)CO)COC(=O)C(C)(CO)CO. The molecule has 0 rings (SSSR count). The number of hydrogen-bond donors (Lipinski definition) is 12. The molecule has 0 bridgehead atoms. The zero-order chi connectivity index (χ0) is 63.6. The van der Waals surface area contributed by atoms with Crippen LogP contribution in [-0.2, 0) is 85.8 Å². The quantitative estimate of drug-likeness (QED) is 0.0200. The molecule has 31 heteroatoms. The molecule has 31 nitrogen and oxygen atoms in total. The molecule has 0 radical (unpaired) electrons. The maximum Gasteiger partial charge on any atom is 0.318 e. The lowest BCUT2D eigenvalue weighted by atomic mass is 9.90. The van der Waals surface area contributed by atoms with Gasteiger partial charge in [-0.1, -0.05) is 0 Å². The fourth-order valence-corrected chi connectivity index (χ4v) is 5.61. The Morgan fingerprint density at radius 2 is 0.354 bits per heavy atom. The Hall–Kier alpha value is -5.29. The van der Waals surface area contributed by atoms with Crippen molar-refractivity contribution >= 4 is 53.7 Å². The van der Waals surface area contributed by atoms with Crippen molar-refractivity contribution in [2.75, 3.05) is 158 Å². The highest BCUT2D eigenvalue weighted by atomic mass is 16.6. The Morgan fingerprint density at radius 3 is 0.476 bits per heavy atom. The van der Waals surface area contributed by atoms with Crippen molar-refractivity contribution in [3.05, 3.63) is 0 Å². The van der Waals surface area contributed by atoms with Crippen LogP contribution in [0.5, 0.6) is 0 Å². The number of nitrogens with zero attached hydrogens (tertiary/aromatic N) is 1. The number of esters is 9. The highest BCUT2D eigenvalue weighted by Crippen LogP contribution is 2.30. The Bertz CT molecular complexity index is 1740. The third-order valence-corrected chi connectivity index (χ3v) is 13.7. The minimum absolute atomic E-state index is 0.362. The van der Waals surface area contributed by atoms with Crippen molar-refractivity contribution in [1.29, 1.82) is 0 Å². The molecular formula is C51H87NO30. The first-order valence-corrected chi connectivity index (χ1v) is 25.6. The first kappa shape index (κ1) is 76.7. The number of ether oxygens (including phenoxy) is 9. The van der Waals surface area contributed by atoms with E-state index in [2.05, 4.69) is 0 Å². The summed E-state index contributed by atoms with van der Waals surface area (Å²) in [5.74, 6) is -10.7. The lowest BCUT2D eigenvalue weighted by Gasteiger charge is -2.32. The average molecular weight is 1190 g/mol. The summed E-state index contributed by atoms with van der Waals surface area (Å²) in [4.78, 5) is 121. The minimum Gasteiger partial charge on any atom is -0.464 e. The van der Waals surface area contributed by atoms with Crippen molar-refractivity contribution in [2.45, 2.75) is 62.3 Å². The van der Waals surface area contributed by atoms with Crippen LogP contribution < -0.4 is 0 Å². The van der Waals surface area contributed by atoms with Crippen molar-refractivity contribution in [2.24, 2.45) is 48.7 Å². The van der Waals surface area contributed by atoms with E-state index < -0.39 is 241 Å². The zero-order valence-corrected chi connectivity index (χ0v) is 48.1. The first-order valence-electron chi connectivity index (χ1n) is 25.6. The summed E-state index contributed by atoms with van der Waals surface area (Å²) in [6, 6.07) is 0. The number of rotatable bonds is 42. The molecule has 0 aliphatic rings. The summed E-state index contributed by atoms with van der Waals surface area (Å²) in [6.07, 6.45) is 0.